The fourth-order valence-corrected chi connectivity index (χ4v) is 4.54. The third kappa shape index (κ3) is 6.14. The molecule has 0 saturated carbocycles. The summed E-state index contributed by atoms with van der Waals surface area (Å²) in [5.74, 6) is 2.93. The van der Waals surface area contributed by atoms with Gasteiger partial charge in [0.2, 0.25) is 5.91 Å². The number of nitrogens with one attached hydrogen (secondary N) is 1. The zero-order valence-corrected chi connectivity index (χ0v) is 21.5. The van der Waals surface area contributed by atoms with Gasteiger partial charge in [-0.2, -0.15) is 0 Å². The summed E-state index contributed by atoms with van der Waals surface area (Å²) in [7, 11) is 6.60. The number of nitrogens with zero attached hydrogens (tertiary/aromatic N) is 1. The van der Waals surface area contributed by atoms with Crippen LogP contribution in [0.15, 0.2) is 30.3 Å². The van der Waals surface area contributed by atoms with Crippen LogP contribution in [0.3, 0.4) is 0 Å². The molecular weight excluding hydrogens is 432 g/mol. The van der Waals surface area contributed by atoms with Gasteiger partial charge in [0.25, 0.3) is 0 Å². The van der Waals surface area contributed by atoms with E-state index in [1.165, 1.54) is 11.1 Å². The highest BCUT2D eigenvalue weighted by atomic mass is 16.5. The van der Waals surface area contributed by atoms with Crippen molar-refractivity contribution in [3.8, 4) is 23.0 Å². The summed E-state index contributed by atoms with van der Waals surface area (Å²) in [4.78, 5) is 14.9. The third-order valence-electron chi connectivity index (χ3n) is 6.13. The van der Waals surface area contributed by atoms with Gasteiger partial charge in [0.05, 0.1) is 28.4 Å². The maximum absolute atomic E-state index is 12.5. The van der Waals surface area contributed by atoms with Crippen LogP contribution in [0.1, 0.15) is 49.9 Å². The molecule has 0 aliphatic carbocycles. The van der Waals surface area contributed by atoms with Gasteiger partial charge in [0.15, 0.2) is 23.0 Å². The van der Waals surface area contributed by atoms with Gasteiger partial charge in [-0.05, 0) is 74.6 Å². The van der Waals surface area contributed by atoms with E-state index in [-0.39, 0.29) is 17.5 Å². The average Bonchev–Trinajstić information content (AvgIpc) is 2.81. The molecule has 0 saturated heterocycles. The summed E-state index contributed by atoms with van der Waals surface area (Å²) in [6.07, 6.45) is 2.10. The summed E-state index contributed by atoms with van der Waals surface area (Å²) in [6, 6.07) is 10.3. The highest BCUT2D eigenvalue weighted by molar-refractivity contribution is 5.76. The van der Waals surface area contributed by atoms with E-state index in [1.807, 2.05) is 32.9 Å². The lowest BCUT2D eigenvalue weighted by Crippen LogP contribution is -2.43. The predicted molar refractivity (Wildman–Crippen MR) is 133 cm³/mol. The molecule has 0 spiro atoms. The molecule has 0 unspecified atom stereocenters. The minimum Gasteiger partial charge on any atom is -0.493 e. The first kappa shape index (κ1) is 25.7. The number of fused-ring (bicyclic) bond motifs is 1. The molecule has 1 aliphatic rings. The standard InChI is InChI=1S/C27H38N2O5/c1-27(2,3)28-26(30)11-13-29-12-10-19-16-24(33-6)25(34-7)17-20(19)21(29)14-18-8-9-22(31-4)23(15-18)32-5/h8-9,15-17,21H,10-14H2,1-7H3,(H,28,30)/t21-/m1/s1. The Morgan fingerprint density at radius 3 is 2.18 bits per heavy atom. The van der Waals surface area contributed by atoms with Gasteiger partial charge in [-0.25, -0.2) is 0 Å². The molecule has 1 atom stereocenters. The summed E-state index contributed by atoms with van der Waals surface area (Å²) >= 11 is 0. The van der Waals surface area contributed by atoms with E-state index >= 15 is 0 Å². The van der Waals surface area contributed by atoms with E-state index in [0.29, 0.717) is 30.2 Å². The van der Waals surface area contributed by atoms with Gasteiger partial charge in [0, 0.05) is 31.1 Å². The van der Waals surface area contributed by atoms with E-state index in [0.717, 1.165) is 30.7 Å². The van der Waals surface area contributed by atoms with Gasteiger partial charge in [-0.1, -0.05) is 6.07 Å². The number of benzene rings is 2. The second-order valence-electron chi connectivity index (χ2n) is 9.65. The Kier molecular flexibility index (Phi) is 8.31. The molecule has 7 nitrogen and oxygen atoms in total. The monoisotopic (exact) mass is 470 g/mol. The normalized spacial score (nSPS) is 15.9. The molecule has 1 N–H and O–H groups in total. The number of methoxy groups -OCH3 is 4. The molecule has 3 rings (SSSR count). The number of hydrogen-bond donors (Lipinski definition) is 1. The second kappa shape index (κ2) is 11.0. The molecule has 1 amide bonds. The lowest BCUT2D eigenvalue weighted by Gasteiger charge is -2.38. The Balaban J connectivity index is 1.93. The Hall–Kier alpha value is -2.93. The molecule has 1 heterocycles. The SMILES string of the molecule is COc1ccc(C[C@@H]2c3cc(OC)c(OC)cc3CCN2CCC(=O)NC(C)(C)C)cc1OC. The van der Waals surface area contributed by atoms with Gasteiger partial charge in [0.1, 0.15) is 0 Å². The minimum atomic E-state index is -0.242. The number of carbonyl (C=O) groups excluding carboxylic acids is 1. The van der Waals surface area contributed by atoms with E-state index < -0.39 is 0 Å². The molecule has 0 bridgehead atoms. The Morgan fingerprint density at radius 2 is 1.56 bits per heavy atom. The summed E-state index contributed by atoms with van der Waals surface area (Å²) in [6.45, 7) is 7.54. The van der Waals surface area contributed by atoms with Crippen LogP contribution in [0.2, 0.25) is 0 Å². The first-order valence-corrected chi connectivity index (χ1v) is 11.7. The first-order valence-electron chi connectivity index (χ1n) is 11.7. The zero-order valence-electron chi connectivity index (χ0n) is 21.5. The molecule has 7 heteroatoms. The van der Waals surface area contributed by atoms with Crippen molar-refractivity contribution >= 4 is 5.91 Å². The number of carbonyl (C=O) groups is 1. The van der Waals surface area contributed by atoms with Crippen molar-refractivity contribution < 1.29 is 23.7 Å². The van der Waals surface area contributed by atoms with Crippen molar-refractivity contribution in [2.24, 2.45) is 0 Å². The smallest absolute Gasteiger partial charge is 0.221 e. The van der Waals surface area contributed by atoms with E-state index in [2.05, 4.69) is 28.4 Å². The van der Waals surface area contributed by atoms with Crippen molar-refractivity contribution in [3.63, 3.8) is 0 Å². The van der Waals surface area contributed by atoms with E-state index in [1.54, 1.807) is 28.4 Å². The molecule has 186 valence electrons. The molecule has 34 heavy (non-hydrogen) atoms. The molecule has 0 aromatic heterocycles. The fraction of sp³-hybridized carbons (Fsp3) is 0.519. The molecule has 0 fully saturated rings. The van der Waals surface area contributed by atoms with Crippen LogP contribution in [-0.2, 0) is 17.6 Å². The Morgan fingerprint density at radius 1 is 0.941 bits per heavy atom. The van der Waals surface area contributed by atoms with Crippen LogP contribution >= 0.6 is 0 Å². The van der Waals surface area contributed by atoms with Gasteiger partial charge in [-0.3, -0.25) is 9.69 Å². The maximum Gasteiger partial charge on any atom is 0.221 e. The maximum atomic E-state index is 12.5. The van der Waals surface area contributed by atoms with Crippen LogP contribution in [0.5, 0.6) is 23.0 Å². The number of ether oxygens (including phenoxy) is 4. The number of rotatable bonds is 9. The van der Waals surface area contributed by atoms with E-state index in [9.17, 15) is 4.79 Å². The molecule has 2 aromatic rings. The minimum absolute atomic E-state index is 0.0653. The van der Waals surface area contributed by atoms with Gasteiger partial charge in [-0.15, -0.1) is 0 Å². The average molecular weight is 471 g/mol. The first-order chi connectivity index (χ1) is 16.2. The quantitative estimate of drug-likeness (QED) is 0.593. The van der Waals surface area contributed by atoms with Gasteiger partial charge < -0.3 is 24.3 Å². The molecular formula is C27H38N2O5. The van der Waals surface area contributed by atoms with Crippen molar-refractivity contribution in [2.75, 3.05) is 41.5 Å². The van der Waals surface area contributed by atoms with Crippen LogP contribution in [-0.4, -0.2) is 57.9 Å². The van der Waals surface area contributed by atoms with Crippen LogP contribution in [0.25, 0.3) is 0 Å². The summed E-state index contributed by atoms with van der Waals surface area (Å²) in [5, 5.41) is 3.07. The lowest BCUT2D eigenvalue weighted by atomic mass is 9.88. The van der Waals surface area contributed by atoms with E-state index in [4.69, 9.17) is 18.9 Å². The highest BCUT2D eigenvalue weighted by Crippen LogP contribution is 2.40. The Labute approximate surface area is 203 Å². The highest BCUT2D eigenvalue weighted by Gasteiger charge is 2.30. The number of amides is 1. The molecule has 2 aromatic carbocycles. The number of hydrogen-bond acceptors (Lipinski definition) is 6. The van der Waals surface area contributed by atoms with Crippen molar-refractivity contribution in [1.29, 1.82) is 0 Å². The third-order valence-corrected chi connectivity index (χ3v) is 6.13. The Bertz CT molecular complexity index is 999. The fourth-order valence-electron chi connectivity index (χ4n) is 4.54. The van der Waals surface area contributed by atoms with Crippen molar-refractivity contribution in [1.82, 2.24) is 10.2 Å². The predicted octanol–water partition coefficient (Wildman–Crippen LogP) is 4.17. The molecule has 1 aliphatic heterocycles. The topological polar surface area (TPSA) is 69.3 Å². The molecule has 0 radical (unpaired) electrons. The zero-order chi connectivity index (χ0) is 24.9. The summed E-state index contributed by atoms with van der Waals surface area (Å²) < 4.78 is 22.1. The van der Waals surface area contributed by atoms with Crippen LogP contribution in [0, 0.1) is 0 Å². The second-order valence-corrected chi connectivity index (χ2v) is 9.65. The van der Waals surface area contributed by atoms with Crippen LogP contribution in [0.4, 0.5) is 0 Å². The van der Waals surface area contributed by atoms with Crippen molar-refractivity contribution in [2.45, 2.75) is 51.6 Å². The van der Waals surface area contributed by atoms with Crippen molar-refractivity contribution in [3.05, 3.63) is 47.0 Å². The largest absolute Gasteiger partial charge is 0.493 e. The van der Waals surface area contributed by atoms with Gasteiger partial charge >= 0.3 is 0 Å². The summed E-state index contributed by atoms with van der Waals surface area (Å²) in [5.41, 5.74) is 3.34. The lowest BCUT2D eigenvalue weighted by molar-refractivity contribution is -0.123. The van der Waals surface area contributed by atoms with Crippen LogP contribution < -0.4 is 24.3 Å².